The molecule has 0 fully saturated rings. The Morgan fingerprint density at radius 1 is 1.21 bits per heavy atom. The topological polar surface area (TPSA) is 92.9 Å². The molecule has 1 aromatic heterocycles. The van der Waals surface area contributed by atoms with E-state index in [1.807, 2.05) is 30.3 Å². The number of benzene rings is 2. The lowest BCUT2D eigenvalue weighted by molar-refractivity contribution is -0.125. The van der Waals surface area contributed by atoms with Crippen LogP contribution < -0.4 is 5.32 Å². The predicted molar refractivity (Wildman–Crippen MR) is 105 cm³/mol. The molecule has 3 rings (SSSR count). The molecule has 0 unspecified atom stereocenters. The van der Waals surface area contributed by atoms with E-state index in [2.05, 4.69) is 20.8 Å². The lowest BCUT2D eigenvalue weighted by Gasteiger charge is -2.23. The smallest absolute Gasteiger partial charge is 0.245 e. The minimum absolute atomic E-state index is 0.0397. The van der Waals surface area contributed by atoms with Gasteiger partial charge in [-0.15, -0.1) is 5.10 Å². The highest BCUT2D eigenvalue weighted by Gasteiger charge is 2.27. The van der Waals surface area contributed by atoms with Crippen LogP contribution in [0.1, 0.15) is 41.9 Å². The van der Waals surface area contributed by atoms with Crippen LogP contribution in [0.15, 0.2) is 54.6 Å². The van der Waals surface area contributed by atoms with Crippen molar-refractivity contribution in [2.45, 2.75) is 38.3 Å². The molecule has 2 atom stereocenters. The van der Waals surface area contributed by atoms with E-state index in [1.54, 1.807) is 19.1 Å². The molecule has 0 radical (unpaired) electrons. The fourth-order valence-corrected chi connectivity index (χ4v) is 3.27. The molecule has 29 heavy (non-hydrogen) atoms. The number of nitrogens with zero attached hydrogens (tertiary/aromatic N) is 4. The van der Waals surface area contributed by atoms with E-state index in [0.29, 0.717) is 24.2 Å². The minimum atomic E-state index is -0.730. The first kappa shape index (κ1) is 20.6. The van der Waals surface area contributed by atoms with Crippen LogP contribution in [0, 0.1) is 12.7 Å². The molecule has 1 heterocycles. The van der Waals surface area contributed by atoms with Gasteiger partial charge in [0.15, 0.2) is 0 Å². The van der Waals surface area contributed by atoms with E-state index in [4.69, 9.17) is 0 Å². The summed E-state index contributed by atoms with van der Waals surface area (Å²) in [7, 11) is 0. The Hall–Kier alpha value is -3.13. The van der Waals surface area contributed by atoms with Gasteiger partial charge >= 0.3 is 0 Å². The predicted octanol–water partition coefficient (Wildman–Crippen LogP) is 2.53. The van der Waals surface area contributed by atoms with Crippen LogP contribution in [0.3, 0.4) is 0 Å². The number of carbonyl (C=O) groups is 1. The number of aromatic nitrogens is 4. The standard InChI is InChI=1S/C21H24FN5O2/c1-15-24-25-26-27(15)20(14-16-7-5-10-18(22)13-16)21(29)23-19(11-6-12-28)17-8-3-2-4-9-17/h2-5,7-10,13,19-20,28H,6,11-12,14H2,1H3,(H,23,29)/t19-,20+/m0/s1. The van der Waals surface area contributed by atoms with Gasteiger partial charge in [-0.05, 0) is 53.5 Å². The van der Waals surface area contributed by atoms with Crippen LogP contribution in [-0.2, 0) is 11.2 Å². The van der Waals surface area contributed by atoms with Crippen molar-refractivity contribution in [3.8, 4) is 0 Å². The molecule has 1 amide bonds. The summed E-state index contributed by atoms with van der Waals surface area (Å²) in [5.74, 6) is -0.134. The van der Waals surface area contributed by atoms with Gasteiger partial charge in [0.2, 0.25) is 5.91 Å². The Morgan fingerprint density at radius 2 is 2.00 bits per heavy atom. The van der Waals surface area contributed by atoms with Gasteiger partial charge in [-0.3, -0.25) is 4.79 Å². The van der Waals surface area contributed by atoms with Crippen LogP contribution in [0.2, 0.25) is 0 Å². The highest BCUT2D eigenvalue weighted by molar-refractivity contribution is 5.81. The largest absolute Gasteiger partial charge is 0.396 e. The quantitative estimate of drug-likeness (QED) is 0.579. The Balaban J connectivity index is 1.85. The maximum atomic E-state index is 13.6. The van der Waals surface area contributed by atoms with E-state index in [9.17, 15) is 14.3 Å². The van der Waals surface area contributed by atoms with Crippen molar-refractivity contribution >= 4 is 5.91 Å². The van der Waals surface area contributed by atoms with Crippen molar-refractivity contribution in [2.75, 3.05) is 6.61 Å². The Bertz CT molecular complexity index is 932. The third-order valence-electron chi connectivity index (χ3n) is 4.74. The van der Waals surface area contributed by atoms with Gasteiger partial charge in [-0.25, -0.2) is 9.07 Å². The monoisotopic (exact) mass is 397 g/mol. The van der Waals surface area contributed by atoms with Crippen molar-refractivity contribution < 1.29 is 14.3 Å². The number of amides is 1. The van der Waals surface area contributed by atoms with Crippen molar-refractivity contribution in [3.05, 3.63) is 77.4 Å². The highest BCUT2D eigenvalue weighted by Crippen LogP contribution is 2.22. The molecule has 8 heteroatoms. The molecule has 152 valence electrons. The second kappa shape index (κ2) is 9.88. The number of aryl methyl sites for hydroxylation is 1. The molecule has 0 bridgehead atoms. The molecule has 0 saturated heterocycles. The van der Waals surface area contributed by atoms with Gasteiger partial charge in [-0.2, -0.15) is 0 Å². The molecule has 0 aliphatic rings. The molecule has 3 aromatic rings. The van der Waals surface area contributed by atoms with E-state index < -0.39 is 6.04 Å². The lowest BCUT2D eigenvalue weighted by Crippen LogP contribution is -2.37. The second-order valence-corrected chi connectivity index (χ2v) is 6.86. The zero-order chi connectivity index (χ0) is 20.6. The number of carbonyl (C=O) groups excluding carboxylic acids is 1. The molecule has 2 N–H and O–H groups in total. The van der Waals surface area contributed by atoms with Crippen molar-refractivity contribution in [1.82, 2.24) is 25.5 Å². The molecule has 0 spiro atoms. The van der Waals surface area contributed by atoms with Crippen LogP contribution >= 0.6 is 0 Å². The zero-order valence-corrected chi connectivity index (χ0v) is 16.2. The van der Waals surface area contributed by atoms with Gasteiger partial charge < -0.3 is 10.4 Å². The number of tetrazole rings is 1. The van der Waals surface area contributed by atoms with E-state index in [-0.39, 0.29) is 30.8 Å². The van der Waals surface area contributed by atoms with E-state index in [1.165, 1.54) is 16.8 Å². The molecule has 7 nitrogen and oxygen atoms in total. The number of hydrogen-bond acceptors (Lipinski definition) is 5. The fourth-order valence-electron chi connectivity index (χ4n) is 3.27. The molecule has 2 aromatic carbocycles. The SMILES string of the molecule is Cc1nnnn1[C@H](Cc1cccc(F)c1)C(=O)N[C@@H](CCCO)c1ccccc1. The number of rotatable bonds is 9. The first-order chi connectivity index (χ1) is 14.1. The summed E-state index contributed by atoms with van der Waals surface area (Å²) in [5.41, 5.74) is 1.62. The third-order valence-corrected chi connectivity index (χ3v) is 4.74. The van der Waals surface area contributed by atoms with Gasteiger partial charge in [0.05, 0.1) is 6.04 Å². The summed E-state index contributed by atoms with van der Waals surface area (Å²) in [5, 5.41) is 23.8. The average Bonchev–Trinajstić information content (AvgIpc) is 3.15. The van der Waals surface area contributed by atoms with Gasteiger partial charge in [0, 0.05) is 13.0 Å². The zero-order valence-electron chi connectivity index (χ0n) is 16.2. The van der Waals surface area contributed by atoms with Crippen LogP contribution in [0.4, 0.5) is 4.39 Å². The first-order valence-corrected chi connectivity index (χ1v) is 9.53. The second-order valence-electron chi connectivity index (χ2n) is 6.86. The molecular weight excluding hydrogens is 373 g/mol. The molecule has 0 aliphatic carbocycles. The third kappa shape index (κ3) is 5.45. The number of aliphatic hydroxyl groups excluding tert-OH is 1. The van der Waals surface area contributed by atoms with Crippen LogP contribution in [0.25, 0.3) is 0 Å². The van der Waals surface area contributed by atoms with Crippen molar-refractivity contribution in [3.63, 3.8) is 0 Å². The van der Waals surface area contributed by atoms with Crippen LogP contribution in [-0.4, -0.2) is 37.8 Å². The summed E-state index contributed by atoms with van der Waals surface area (Å²) < 4.78 is 15.1. The maximum Gasteiger partial charge on any atom is 0.245 e. The maximum absolute atomic E-state index is 13.6. The summed E-state index contributed by atoms with van der Waals surface area (Å²) >= 11 is 0. The number of aliphatic hydroxyl groups is 1. The van der Waals surface area contributed by atoms with Gasteiger partial charge in [0.1, 0.15) is 17.7 Å². The minimum Gasteiger partial charge on any atom is -0.396 e. The van der Waals surface area contributed by atoms with Crippen molar-refractivity contribution in [1.29, 1.82) is 0 Å². The summed E-state index contributed by atoms with van der Waals surface area (Å²) in [6.07, 6.45) is 1.39. The average molecular weight is 397 g/mol. The van der Waals surface area contributed by atoms with Gasteiger partial charge in [0.25, 0.3) is 0 Å². The van der Waals surface area contributed by atoms with Gasteiger partial charge in [-0.1, -0.05) is 42.5 Å². The molecule has 0 aliphatic heterocycles. The lowest BCUT2D eigenvalue weighted by atomic mass is 10.00. The number of hydrogen-bond donors (Lipinski definition) is 2. The summed E-state index contributed by atoms with van der Waals surface area (Å²) in [6.45, 7) is 1.75. The molecular formula is C21H24FN5O2. The van der Waals surface area contributed by atoms with Crippen molar-refractivity contribution in [2.24, 2.45) is 0 Å². The Labute approximate surface area is 168 Å². The van der Waals surface area contributed by atoms with E-state index in [0.717, 1.165) is 5.56 Å². The number of halogens is 1. The number of nitrogens with one attached hydrogen (secondary N) is 1. The first-order valence-electron chi connectivity index (χ1n) is 9.53. The Morgan fingerprint density at radius 3 is 2.66 bits per heavy atom. The summed E-state index contributed by atoms with van der Waals surface area (Å²) in [4.78, 5) is 13.2. The van der Waals surface area contributed by atoms with Crippen LogP contribution in [0.5, 0.6) is 0 Å². The summed E-state index contributed by atoms with van der Waals surface area (Å²) in [6, 6.07) is 14.7. The Kier molecular flexibility index (Phi) is 7.02. The normalized spacial score (nSPS) is 13.1. The van der Waals surface area contributed by atoms with E-state index >= 15 is 0 Å². The molecule has 0 saturated carbocycles. The fraction of sp³-hybridized carbons (Fsp3) is 0.333. The highest BCUT2D eigenvalue weighted by atomic mass is 19.1.